The maximum absolute atomic E-state index is 13.9. The molecule has 1 atom stereocenters. The minimum atomic E-state index is -0.516. The Morgan fingerprint density at radius 2 is 1.96 bits per heavy atom. The summed E-state index contributed by atoms with van der Waals surface area (Å²) in [5.41, 5.74) is 1.54. The van der Waals surface area contributed by atoms with Crippen LogP contribution in [0.1, 0.15) is 41.1 Å². The first-order chi connectivity index (χ1) is 12.1. The van der Waals surface area contributed by atoms with Gasteiger partial charge in [-0.05, 0) is 48.7 Å². The molecular formula is C20H21ClFNO2. The lowest BCUT2D eigenvalue weighted by Gasteiger charge is -2.25. The average molecular weight is 362 g/mol. The van der Waals surface area contributed by atoms with Gasteiger partial charge in [-0.1, -0.05) is 30.2 Å². The van der Waals surface area contributed by atoms with E-state index in [1.54, 1.807) is 6.07 Å². The topological polar surface area (TPSA) is 29.5 Å². The van der Waals surface area contributed by atoms with Crippen LogP contribution in [0, 0.1) is 5.82 Å². The van der Waals surface area contributed by atoms with Crippen LogP contribution in [0.25, 0.3) is 0 Å². The first kappa shape index (κ1) is 17.7. The molecular weight excluding hydrogens is 341 g/mol. The number of benzene rings is 2. The molecule has 1 saturated heterocycles. The molecule has 3 rings (SSSR count). The Morgan fingerprint density at radius 1 is 1.20 bits per heavy atom. The van der Waals surface area contributed by atoms with Gasteiger partial charge in [0.15, 0.2) is 11.6 Å². The van der Waals surface area contributed by atoms with Crippen LogP contribution in [0.2, 0.25) is 5.02 Å². The van der Waals surface area contributed by atoms with Gasteiger partial charge in [0, 0.05) is 29.6 Å². The second-order valence-electron chi connectivity index (χ2n) is 6.34. The fourth-order valence-corrected chi connectivity index (χ4v) is 3.44. The second-order valence-corrected chi connectivity index (χ2v) is 6.78. The third-order valence-electron chi connectivity index (χ3n) is 4.70. The Hall–Kier alpha value is -2.07. The van der Waals surface area contributed by atoms with Crippen LogP contribution in [0.15, 0.2) is 42.5 Å². The van der Waals surface area contributed by atoms with E-state index in [2.05, 4.69) is 0 Å². The summed E-state index contributed by atoms with van der Waals surface area (Å²) in [5, 5.41) is 0.707. The summed E-state index contributed by atoms with van der Waals surface area (Å²) in [7, 11) is 1.41. The van der Waals surface area contributed by atoms with E-state index in [1.807, 2.05) is 29.2 Å². The lowest BCUT2D eigenvalue weighted by atomic mass is 9.94. The minimum Gasteiger partial charge on any atom is -0.494 e. The minimum absolute atomic E-state index is 0.137. The van der Waals surface area contributed by atoms with Gasteiger partial charge in [0.2, 0.25) is 0 Å². The standard InChI is InChI=1S/C20H21ClFNO2/c1-25-19-10-7-15(12-18(19)22)20(24)23-11-3-2-4-16(13-23)14-5-8-17(21)9-6-14/h5-10,12,16H,2-4,11,13H2,1H3. The number of carbonyl (C=O) groups is 1. The number of amides is 1. The van der Waals surface area contributed by atoms with Crippen molar-refractivity contribution in [1.82, 2.24) is 4.90 Å². The molecule has 1 amide bonds. The zero-order valence-corrected chi connectivity index (χ0v) is 14.9. The van der Waals surface area contributed by atoms with Gasteiger partial charge < -0.3 is 9.64 Å². The first-order valence-corrected chi connectivity index (χ1v) is 8.84. The number of nitrogens with zero attached hydrogens (tertiary/aromatic N) is 1. The van der Waals surface area contributed by atoms with E-state index >= 15 is 0 Å². The third kappa shape index (κ3) is 4.13. The summed E-state index contributed by atoms with van der Waals surface area (Å²) >= 11 is 5.97. The molecule has 0 spiro atoms. The van der Waals surface area contributed by atoms with Gasteiger partial charge in [0.05, 0.1) is 7.11 Å². The fraction of sp³-hybridized carbons (Fsp3) is 0.350. The highest BCUT2D eigenvalue weighted by molar-refractivity contribution is 6.30. The van der Waals surface area contributed by atoms with Crippen LogP contribution in [-0.2, 0) is 0 Å². The van der Waals surface area contributed by atoms with Crippen molar-refractivity contribution >= 4 is 17.5 Å². The molecule has 1 aliphatic heterocycles. The summed E-state index contributed by atoms with van der Waals surface area (Å²) in [6.45, 7) is 1.32. The molecule has 0 aromatic heterocycles. The van der Waals surface area contributed by atoms with Gasteiger partial charge in [-0.3, -0.25) is 4.79 Å². The molecule has 0 radical (unpaired) electrons. The van der Waals surface area contributed by atoms with Crippen LogP contribution in [-0.4, -0.2) is 31.0 Å². The Labute approximate surface area is 152 Å². The zero-order chi connectivity index (χ0) is 17.8. The highest BCUT2D eigenvalue weighted by atomic mass is 35.5. The van der Waals surface area contributed by atoms with Crippen LogP contribution in [0.4, 0.5) is 4.39 Å². The average Bonchev–Trinajstić information content (AvgIpc) is 2.88. The van der Waals surface area contributed by atoms with E-state index in [4.69, 9.17) is 16.3 Å². The Bertz CT molecular complexity index is 748. The van der Waals surface area contributed by atoms with E-state index in [1.165, 1.54) is 24.8 Å². The van der Waals surface area contributed by atoms with Crippen molar-refractivity contribution in [3.63, 3.8) is 0 Å². The number of carbonyl (C=O) groups excluding carboxylic acids is 1. The predicted molar refractivity (Wildman–Crippen MR) is 96.9 cm³/mol. The molecule has 0 aliphatic carbocycles. The second kappa shape index (κ2) is 7.87. The van der Waals surface area contributed by atoms with Crippen LogP contribution in [0.3, 0.4) is 0 Å². The van der Waals surface area contributed by atoms with Gasteiger partial charge in [-0.25, -0.2) is 4.39 Å². The largest absolute Gasteiger partial charge is 0.494 e. The van der Waals surface area contributed by atoms with Crippen LogP contribution in [0.5, 0.6) is 5.75 Å². The van der Waals surface area contributed by atoms with Crippen molar-refractivity contribution in [2.24, 2.45) is 0 Å². The highest BCUT2D eigenvalue weighted by Crippen LogP contribution is 2.28. The smallest absolute Gasteiger partial charge is 0.253 e. The fourth-order valence-electron chi connectivity index (χ4n) is 3.32. The Kier molecular flexibility index (Phi) is 5.59. The van der Waals surface area contributed by atoms with Crippen molar-refractivity contribution in [2.45, 2.75) is 25.2 Å². The van der Waals surface area contributed by atoms with Crippen molar-refractivity contribution < 1.29 is 13.9 Å². The molecule has 1 aliphatic rings. The zero-order valence-electron chi connectivity index (χ0n) is 14.2. The summed E-state index contributed by atoms with van der Waals surface area (Å²) in [6.07, 6.45) is 3.05. The molecule has 3 nitrogen and oxygen atoms in total. The summed E-state index contributed by atoms with van der Waals surface area (Å²) in [4.78, 5) is 14.7. The van der Waals surface area contributed by atoms with Crippen molar-refractivity contribution in [1.29, 1.82) is 0 Å². The number of likely N-dealkylation sites (tertiary alicyclic amines) is 1. The molecule has 25 heavy (non-hydrogen) atoms. The quantitative estimate of drug-likeness (QED) is 0.778. The molecule has 1 unspecified atom stereocenters. The van der Waals surface area contributed by atoms with Gasteiger partial charge in [0.25, 0.3) is 5.91 Å². The Morgan fingerprint density at radius 3 is 2.64 bits per heavy atom. The molecule has 5 heteroatoms. The predicted octanol–water partition coefficient (Wildman–Crippen LogP) is 4.90. The summed E-state index contributed by atoms with van der Waals surface area (Å²) in [5.74, 6) is -0.238. The summed E-state index contributed by atoms with van der Waals surface area (Å²) in [6, 6.07) is 12.2. The number of halogens is 2. The highest BCUT2D eigenvalue weighted by Gasteiger charge is 2.24. The normalized spacial score (nSPS) is 17.9. The van der Waals surface area contributed by atoms with Gasteiger partial charge >= 0.3 is 0 Å². The molecule has 1 heterocycles. The monoisotopic (exact) mass is 361 g/mol. The van der Waals surface area contributed by atoms with Gasteiger partial charge in [-0.2, -0.15) is 0 Å². The molecule has 132 valence electrons. The number of hydrogen-bond donors (Lipinski definition) is 0. The number of methoxy groups -OCH3 is 1. The van der Waals surface area contributed by atoms with E-state index < -0.39 is 5.82 Å². The van der Waals surface area contributed by atoms with Crippen LogP contribution < -0.4 is 4.74 Å². The van der Waals surface area contributed by atoms with Crippen molar-refractivity contribution in [2.75, 3.05) is 20.2 Å². The van der Waals surface area contributed by atoms with Gasteiger partial charge in [-0.15, -0.1) is 0 Å². The summed E-state index contributed by atoms with van der Waals surface area (Å²) < 4.78 is 18.8. The lowest BCUT2D eigenvalue weighted by Crippen LogP contribution is -2.34. The van der Waals surface area contributed by atoms with E-state index in [0.29, 0.717) is 23.7 Å². The van der Waals surface area contributed by atoms with E-state index in [9.17, 15) is 9.18 Å². The first-order valence-electron chi connectivity index (χ1n) is 8.47. The van der Waals surface area contributed by atoms with Gasteiger partial charge in [0.1, 0.15) is 0 Å². The molecule has 1 fully saturated rings. The molecule has 2 aromatic rings. The van der Waals surface area contributed by atoms with Crippen LogP contribution >= 0.6 is 11.6 Å². The lowest BCUT2D eigenvalue weighted by molar-refractivity contribution is 0.0754. The van der Waals surface area contributed by atoms with E-state index in [0.717, 1.165) is 19.3 Å². The Balaban J connectivity index is 1.79. The third-order valence-corrected chi connectivity index (χ3v) is 4.95. The van der Waals surface area contributed by atoms with E-state index in [-0.39, 0.29) is 17.6 Å². The molecule has 0 saturated carbocycles. The van der Waals surface area contributed by atoms with Crippen molar-refractivity contribution in [3.05, 3.63) is 64.4 Å². The number of ether oxygens (including phenoxy) is 1. The maximum atomic E-state index is 13.9. The number of hydrogen-bond acceptors (Lipinski definition) is 2. The molecule has 2 aromatic carbocycles. The van der Waals surface area contributed by atoms with Crippen molar-refractivity contribution in [3.8, 4) is 5.75 Å². The molecule has 0 bridgehead atoms. The SMILES string of the molecule is COc1ccc(C(=O)N2CCCCC(c3ccc(Cl)cc3)C2)cc1F. The number of rotatable bonds is 3. The molecule has 0 N–H and O–H groups in total. The maximum Gasteiger partial charge on any atom is 0.253 e.